The van der Waals surface area contributed by atoms with E-state index in [1.807, 2.05) is 17.9 Å². The Bertz CT molecular complexity index is 299. The molecule has 1 atom stereocenters. The molecule has 0 amide bonds. The van der Waals surface area contributed by atoms with Crippen molar-refractivity contribution in [3.8, 4) is 0 Å². The van der Waals surface area contributed by atoms with Crippen LogP contribution in [0, 0.1) is 5.41 Å². The topological polar surface area (TPSA) is 17.8 Å². The number of rotatable bonds is 4. The zero-order valence-corrected chi connectivity index (χ0v) is 11.7. The molecular formula is C12H21BrN2. The molecule has 0 aromatic carbocycles. The van der Waals surface area contributed by atoms with Crippen molar-refractivity contribution in [2.75, 3.05) is 0 Å². The Hall–Kier alpha value is -0.310. The van der Waals surface area contributed by atoms with Crippen LogP contribution in [0.15, 0.2) is 12.4 Å². The lowest BCUT2D eigenvalue weighted by atomic mass is 9.89. The summed E-state index contributed by atoms with van der Waals surface area (Å²) < 4.78 is 1.87. The fourth-order valence-electron chi connectivity index (χ4n) is 1.52. The maximum Gasteiger partial charge on any atom is 0.0521 e. The van der Waals surface area contributed by atoms with Gasteiger partial charge in [-0.2, -0.15) is 5.10 Å². The Kier molecular flexibility index (Phi) is 4.38. The van der Waals surface area contributed by atoms with E-state index in [4.69, 9.17) is 0 Å². The van der Waals surface area contributed by atoms with Gasteiger partial charge in [0.05, 0.1) is 6.20 Å². The molecule has 0 radical (unpaired) electrons. The zero-order chi connectivity index (χ0) is 11.5. The van der Waals surface area contributed by atoms with Crippen molar-refractivity contribution in [2.45, 2.75) is 44.9 Å². The highest BCUT2D eigenvalue weighted by Gasteiger charge is 2.20. The lowest BCUT2D eigenvalue weighted by Gasteiger charge is -2.25. The number of aryl methyl sites for hydroxylation is 2. The molecule has 1 heterocycles. The van der Waals surface area contributed by atoms with Gasteiger partial charge in [0, 0.05) is 18.1 Å². The van der Waals surface area contributed by atoms with Crippen LogP contribution in [0.4, 0.5) is 0 Å². The monoisotopic (exact) mass is 272 g/mol. The molecule has 2 nitrogen and oxygen atoms in total. The first-order valence-corrected chi connectivity index (χ1v) is 6.43. The molecular weight excluding hydrogens is 252 g/mol. The van der Waals surface area contributed by atoms with Gasteiger partial charge in [-0.15, -0.1) is 0 Å². The number of halogens is 1. The van der Waals surface area contributed by atoms with Crippen LogP contribution in [0.2, 0.25) is 0 Å². The fraction of sp³-hybridized carbons (Fsp3) is 0.750. The molecule has 0 spiro atoms. The first kappa shape index (κ1) is 12.8. The smallest absolute Gasteiger partial charge is 0.0521 e. The lowest BCUT2D eigenvalue weighted by Crippen LogP contribution is -2.20. The molecule has 0 aliphatic heterocycles. The first-order chi connectivity index (χ1) is 6.89. The minimum Gasteiger partial charge on any atom is -0.276 e. The van der Waals surface area contributed by atoms with E-state index in [9.17, 15) is 0 Å². The standard InChI is InChI=1S/C12H21BrN2/c1-12(2,3)11(13)7-5-6-10-8-14-15(4)9-10/h8-9,11H,5-7H2,1-4H3. The summed E-state index contributed by atoms with van der Waals surface area (Å²) in [5, 5.41) is 4.17. The van der Waals surface area contributed by atoms with Gasteiger partial charge in [-0.1, -0.05) is 36.7 Å². The summed E-state index contributed by atoms with van der Waals surface area (Å²) in [7, 11) is 1.96. The summed E-state index contributed by atoms with van der Waals surface area (Å²) in [5.41, 5.74) is 1.70. The van der Waals surface area contributed by atoms with E-state index in [0.717, 1.165) is 6.42 Å². The predicted molar refractivity (Wildman–Crippen MR) is 68.3 cm³/mol. The first-order valence-electron chi connectivity index (χ1n) is 5.51. The second-order valence-corrected chi connectivity index (χ2v) is 6.35. The van der Waals surface area contributed by atoms with Crippen molar-refractivity contribution >= 4 is 15.9 Å². The number of hydrogen-bond donors (Lipinski definition) is 0. The van der Waals surface area contributed by atoms with Crippen LogP contribution in [0.5, 0.6) is 0 Å². The molecule has 0 fully saturated rings. The van der Waals surface area contributed by atoms with Crippen LogP contribution in [-0.2, 0) is 13.5 Å². The van der Waals surface area contributed by atoms with Gasteiger partial charge in [-0.3, -0.25) is 4.68 Å². The van der Waals surface area contributed by atoms with Crippen LogP contribution in [-0.4, -0.2) is 14.6 Å². The van der Waals surface area contributed by atoms with Crippen molar-refractivity contribution in [1.82, 2.24) is 9.78 Å². The van der Waals surface area contributed by atoms with E-state index in [0.29, 0.717) is 10.2 Å². The van der Waals surface area contributed by atoms with Gasteiger partial charge in [-0.25, -0.2) is 0 Å². The highest BCUT2D eigenvalue weighted by molar-refractivity contribution is 9.09. The minimum absolute atomic E-state index is 0.356. The summed E-state index contributed by atoms with van der Waals surface area (Å²) in [6.07, 6.45) is 7.63. The highest BCUT2D eigenvalue weighted by Crippen LogP contribution is 2.29. The lowest BCUT2D eigenvalue weighted by molar-refractivity contribution is 0.380. The molecule has 0 aliphatic rings. The van der Waals surface area contributed by atoms with Crippen LogP contribution >= 0.6 is 15.9 Å². The third-order valence-electron chi connectivity index (χ3n) is 2.62. The number of hydrogen-bond acceptors (Lipinski definition) is 1. The summed E-state index contributed by atoms with van der Waals surface area (Å²) >= 11 is 3.76. The molecule has 1 aromatic rings. The van der Waals surface area contributed by atoms with Gasteiger partial charge in [0.25, 0.3) is 0 Å². The molecule has 0 saturated carbocycles. The Morgan fingerprint density at radius 2 is 2.13 bits per heavy atom. The molecule has 0 saturated heterocycles. The predicted octanol–water partition coefficient (Wildman–Crippen LogP) is 3.55. The van der Waals surface area contributed by atoms with Crippen LogP contribution in [0.25, 0.3) is 0 Å². The van der Waals surface area contributed by atoms with Gasteiger partial charge in [0.2, 0.25) is 0 Å². The van der Waals surface area contributed by atoms with Crippen LogP contribution in [0.1, 0.15) is 39.2 Å². The largest absolute Gasteiger partial charge is 0.276 e. The average molecular weight is 273 g/mol. The molecule has 1 rings (SSSR count). The van der Waals surface area contributed by atoms with E-state index < -0.39 is 0 Å². The molecule has 1 unspecified atom stereocenters. The van der Waals surface area contributed by atoms with E-state index in [-0.39, 0.29) is 0 Å². The SMILES string of the molecule is Cn1cc(CCCC(Br)C(C)(C)C)cn1. The molecule has 0 bridgehead atoms. The fourth-order valence-corrected chi connectivity index (χ4v) is 1.84. The second-order valence-electron chi connectivity index (χ2n) is 5.25. The summed E-state index contributed by atoms with van der Waals surface area (Å²) in [5.74, 6) is 0. The van der Waals surface area contributed by atoms with Crippen molar-refractivity contribution in [3.05, 3.63) is 18.0 Å². The third-order valence-corrected chi connectivity index (χ3v) is 4.45. The van der Waals surface area contributed by atoms with E-state index >= 15 is 0 Å². The van der Waals surface area contributed by atoms with Gasteiger partial charge in [0.15, 0.2) is 0 Å². The van der Waals surface area contributed by atoms with Gasteiger partial charge in [0.1, 0.15) is 0 Å². The Balaban J connectivity index is 2.28. The van der Waals surface area contributed by atoms with Crippen molar-refractivity contribution in [3.63, 3.8) is 0 Å². The van der Waals surface area contributed by atoms with E-state index in [2.05, 4.69) is 48.0 Å². The molecule has 86 valence electrons. The maximum absolute atomic E-state index is 4.17. The summed E-state index contributed by atoms with van der Waals surface area (Å²) in [6, 6.07) is 0. The van der Waals surface area contributed by atoms with Crippen molar-refractivity contribution in [2.24, 2.45) is 12.5 Å². The number of nitrogens with zero attached hydrogens (tertiary/aromatic N) is 2. The zero-order valence-electron chi connectivity index (χ0n) is 10.1. The van der Waals surface area contributed by atoms with Crippen LogP contribution in [0.3, 0.4) is 0 Å². The van der Waals surface area contributed by atoms with E-state index in [1.54, 1.807) is 0 Å². The van der Waals surface area contributed by atoms with Gasteiger partial charge < -0.3 is 0 Å². The highest BCUT2D eigenvalue weighted by atomic mass is 79.9. The average Bonchev–Trinajstić information content (AvgIpc) is 2.49. The molecule has 1 aromatic heterocycles. The van der Waals surface area contributed by atoms with Crippen LogP contribution < -0.4 is 0 Å². The molecule has 3 heteroatoms. The van der Waals surface area contributed by atoms with E-state index in [1.165, 1.54) is 18.4 Å². The number of aromatic nitrogens is 2. The molecule has 0 N–H and O–H groups in total. The molecule has 0 aliphatic carbocycles. The molecule has 15 heavy (non-hydrogen) atoms. The number of alkyl halides is 1. The summed E-state index contributed by atoms with van der Waals surface area (Å²) in [4.78, 5) is 0.599. The third kappa shape index (κ3) is 4.37. The Morgan fingerprint density at radius 1 is 1.47 bits per heavy atom. The van der Waals surface area contributed by atoms with Crippen molar-refractivity contribution in [1.29, 1.82) is 0 Å². The normalized spacial score (nSPS) is 14.2. The Labute approximate surface area is 101 Å². The maximum atomic E-state index is 4.17. The quantitative estimate of drug-likeness (QED) is 0.767. The van der Waals surface area contributed by atoms with Gasteiger partial charge in [-0.05, 0) is 30.2 Å². The van der Waals surface area contributed by atoms with Gasteiger partial charge >= 0.3 is 0 Å². The second kappa shape index (κ2) is 5.15. The van der Waals surface area contributed by atoms with Crippen molar-refractivity contribution < 1.29 is 0 Å². The Morgan fingerprint density at radius 3 is 2.60 bits per heavy atom. The minimum atomic E-state index is 0.356. The summed E-state index contributed by atoms with van der Waals surface area (Å²) in [6.45, 7) is 6.82.